The number of imidazole rings is 1. The minimum Gasteiger partial charge on any atom is -0.489 e. The Bertz CT molecular complexity index is 1290. The van der Waals surface area contributed by atoms with E-state index in [-0.39, 0.29) is 6.61 Å². The van der Waals surface area contributed by atoms with E-state index in [0.717, 1.165) is 49.5 Å². The fraction of sp³-hybridized carbons (Fsp3) is 0.321. The number of nitrogens with one attached hydrogen (secondary N) is 1. The van der Waals surface area contributed by atoms with Gasteiger partial charge in [0.2, 0.25) is 5.95 Å². The molecule has 2 heterocycles. The van der Waals surface area contributed by atoms with Gasteiger partial charge in [0.1, 0.15) is 18.5 Å². The molecular formula is C28H30Cl2N4O2. The highest BCUT2D eigenvalue weighted by Gasteiger charge is 2.22. The molecule has 4 aromatic rings. The number of ether oxygens (including phenoxy) is 1. The van der Waals surface area contributed by atoms with Crippen LogP contribution in [-0.4, -0.2) is 51.4 Å². The molecule has 0 aliphatic carbocycles. The summed E-state index contributed by atoms with van der Waals surface area (Å²) in [7, 11) is 0. The van der Waals surface area contributed by atoms with Crippen molar-refractivity contribution in [1.29, 1.82) is 0 Å². The van der Waals surface area contributed by atoms with E-state index < -0.39 is 6.10 Å². The van der Waals surface area contributed by atoms with Gasteiger partial charge in [0.15, 0.2) is 0 Å². The molecule has 0 bridgehead atoms. The number of fused-ring (bicyclic) bond motifs is 1. The number of benzene rings is 3. The minimum atomic E-state index is -0.748. The van der Waals surface area contributed by atoms with Gasteiger partial charge >= 0.3 is 0 Å². The summed E-state index contributed by atoms with van der Waals surface area (Å²) >= 11 is 12.2. The molecular weight excluding hydrogens is 495 g/mol. The van der Waals surface area contributed by atoms with Gasteiger partial charge in [-0.15, -0.1) is 0 Å². The molecule has 1 unspecified atom stereocenters. The fourth-order valence-electron chi connectivity index (χ4n) is 4.67. The van der Waals surface area contributed by atoms with Gasteiger partial charge in [0.05, 0.1) is 22.6 Å². The molecule has 1 saturated heterocycles. The Morgan fingerprint density at radius 1 is 1.00 bits per heavy atom. The Hall–Kier alpha value is -2.77. The monoisotopic (exact) mass is 524 g/mol. The fourth-order valence-corrected chi connectivity index (χ4v) is 5.13. The first-order valence-electron chi connectivity index (χ1n) is 12.3. The number of nitrogens with zero attached hydrogens (tertiary/aromatic N) is 3. The van der Waals surface area contributed by atoms with Crippen LogP contribution in [-0.2, 0) is 13.1 Å². The van der Waals surface area contributed by atoms with E-state index in [9.17, 15) is 5.11 Å². The first-order chi connectivity index (χ1) is 17.5. The number of anilines is 1. The van der Waals surface area contributed by atoms with Crippen LogP contribution in [0.4, 0.5) is 5.95 Å². The van der Waals surface area contributed by atoms with Gasteiger partial charge in [-0.1, -0.05) is 65.7 Å². The lowest BCUT2D eigenvalue weighted by atomic mass is 10.0. The van der Waals surface area contributed by atoms with E-state index in [1.807, 2.05) is 28.8 Å². The predicted molar refractivity (Wildman–Crippen MR) is 146 cm³/mol. The molecule has 1 aromatic heterocycles. The number of hydrogen-bond donors (Lipinski definition) is 2. The van der Waals surface area contributed by atoms with Gasteiger partial charge < -0.3 is 19.7 Å². The largest absolute Gasteiger partial charge is 0.489 e. The number of aliphatic hydroxyl groups is 1. The zero-order valence-electron chi connectivity index (χ0n) is 20.0. The van der Waals surface area contributed by atoms with Crippen molar-refractivity contribution in [2.45, 2.75) is 38.1 Å². The van der Waals surface area contributed by atoms with Gasteiger partial charge in [-0.3, -0.25) is 4.90 Å². The molecule has 1 aliphatic heterocycles. The van der Waals surface area contributed by atoms with Crippen LogP contribution in [0.3, 0.4) is 0 Å². The molecule has 1 atom stereocenters. The van der Waals surface area contributed by atoms with Crippen molar-refractivity contribution in [3.8, 4) is 5.75 Å². The van der Waals surface area contributed by atoms with Crippen LogP contribution >= 0.6 is 23.2 Å². The van der Waals surface area contributed by atoms with Gasteiger partial charge in [0, 0.05) is 30.7 Å². The Morgan fingerprint density at radius 2 is 1.75 bits per heavy atom. The Labute approximate surface area is 221 Å². The van der Waals surface area contributed by atoms with Gasteiger partial charge in [-0.2, -0.15) is 0 Å². The molecule has 0 saturated carbocycles. The zero-order chi connectivity index (χ0) is 24.9. The summed E-state index contributed by atoms with van der Waals surface area (Å²) in [6.45, 7) is 3.50. The number of rotatable bonds is 9. The third kappa shape index (κ3) is 6.13. The summed E-state index contributed by atoms with van der Waals surface area (Å²) in [5.41, 5.74) is 3.22. The van der Waals surface area contributed by atoms with E-state index in [0.29, 0.717) is 28.4 Å². The predicted octanol–water partition coefficient (Wildman–Crippen LogP) is 5.86. The summed E-state index contributed by atoms with van der Waals surface area (Å²) in [6.07, 6.45) is 1.33. The second-order valence-corrected chi connectivity index (χ2v) is 10.1. The van der Waals surface area contributed by atoms with Crippen molar-refractivity contribution in [2.24, 2.45) is 0 Å². The molecule has 0 spiro atoms. The summed E-state index contributed by atoms with van der Waals surface area (Å²) in [5.74, 6) is 1.28. The number of aliphatic hydroxyl groups excluding tert-OH is 1. The molecule has 1 aliphatic rings. The smallest absolute Gasteiger partial charge is 0.204 e. The average Bonchev–Trinajstić information content (AvgIpc) is 3.22. The third-order valence-electron chi connectivity index (χ3n) is 6.54. The Morgan fingerprint density at radius 3 is 2.53 bits per heavy atom. The van der Waals surface area contributed by atoms with Crippen LogP contribution in [0.1, 0.15) is 18.4 Å². The molecule has 8 heteroatoms. The Balaban J connectivity index is 1.22. The second kappa shape index (κ2) is 11.5. The maximum Gasteiger partial charge on any atom is 0.204 e. The molecule has 2 N–H and O–H groups in total. The zero-order valence-corrected chi connectivity index (χ0v) is 21.5. The number of para-hydroxylation sites is 2. The average molecular weight is 525 g/mol. The van der Waals surface area contributed by atoms with Crippen LogP contribution in [0.15, 0.2) is 72.8 Å². The quantitative estimate of drug-likeness (QED) is 0.287. The third-order valence-corrected chi connectivity index (χ3v) is 7.07. The minimum absolute atomic E-state index is 0.102. The lowest BCUT2D eigenvalue weighted by Crippen LogP contribution is -2.39. The van der Waals surface area contributed by atoms with Gasteiger partial charge in [-0.25, -0.2) is 4.98 Å². The summed E-state index contributed by atoms with van der Waals surface area (Å²) in [5, 5.41) is 15.4. The molecule has 5 rings (SSSR count). The van der Waals surface area contributed by atoms with Crippen molar-refractivity contribution < 1.29 is 9.84 Å². The highest BCUT2D eigenvalue weighted by atomic mass is 35.5. The summed E-state index contributed by atoms with van der Waals surface area (Å²) in [4.78, 5) is 7.34. The topological polar surface area (TPSA) is 62.6 Å². The summed E-state index contributed by atoms with van der Waals surface area (Å²) in [6, 6.07) is 24.0. The number of aromatic nitrogens is 2. The highest BCUT2D eigenvalue weighted by molar-refractivity contribution is 6.35. The lowest BCUT2D eigenvalue weighted by molar-refractivity contribution is 0.0938. The molecule has 6 nitrogen and oxygen atoms in total. The Kier molecular flexibility index (Phi) is 7.97. The van der Waals surface area contributed by atoms with Crippen LogP contribution < -0.4 is 10.1 Å². The van der Waals surface area contributed by atoms with Gasteiger partial charge in [-0.05, 0) is 48.7 Å². The first-order valence-corrected chi connectivity index (χ1v) is 13.0. The molecule has 1 fully saturated rings. The van der Waals surface area contributed by atoms with Crippen LogP contribution in [0.2, 0.25) is 10.0 Å². The maximum atomic E-state index is 10.8. The second-order valence-electron chi connectivity index (χ2n) is 9.25. The van der Waals surface area contributed by atoms with Crippen LogP contribution in [0.25, 0.3) is 11.0 Å². The maximum absolute atomic E-state index is 10.8. The molecule has 0 amide bonds. The van der Waals surface area contributed by atoms with Crippen molar-refractivity contribution in [2.75, 3.05) is 25.0 Å². The van der Waals surface area contributed by atoms with E-state index in [2.05, 4.69) is 40.5 Å². The highest BCUT2D eigenvalue weighted by Crippen LogP contribution is 2.28. The first kappa shape index (κ1) is 24.9. The summed E-state index contributed by atoms with van der Waals surface area (Å²) < 4.78 is 7.81. The normalized spacial score (nSPS) is 15.8. The van der Waals surface area contributed by atoms with E-state index >= 15 is 0 Å². The molecule has 0 radical (unpaired) electrons. The molecule has 36 heavy (non-hydrogen) atoms. The number of hydrogen-bond acceptors (Lipinski definition) is 5. The molecule has 188 valence electrons. The van der Waals surface area contributed by atoms with Crippen LogP contribution in [0, 0.1) is 0 Å². The number of piperidine rings is 1. The van der Waals surface area contributed by atoms with E-state index in [1.54, 1.807) is 18.2 Å². The number of likely N-dealkylation sites (tertiary alicyclic amines) is 1. The molecule has 3 aromatic carbocycles. The SMILES string of the molecule is OC(COc1ccc(Cl)cc1Cl)Cn1c(NC2CCN(Cc3ccccc3)CC2)nc2ccccc21. The standard InChI is InChI=1S/C28H30Cl2N4O2/c29-21-10-11-27(24(30)16-21)36-19-23(35)18-34-26-9-5-4-8-25(26)32-28(34)31-22-12-14-33(15-13-22)17-20-6-2-1-3-7-20/h1-11,16,22-23,35H,12-15,17-19H2,(H,31,32). The van der Waals surface area contributed by atoms with Crippen LogP contribution in [0.5, 0.6) is 5.75 Å². The van der Waals surface area contributed by atoms with Gasteiger partial charge in [0.25, 0.3) is 0 Å². The van der Waals surface area contributed by atoms with Crippen molar-refractivity contribution >= 4 is 40.2 Å². The number of halogens is 2. The van der Waals surface area contributed by atoms with E-state index in [4.69, 9.17) is 32.9 Å². The van der Waals surface area contributed by atoms with E-state index in [1.165, 1.54) is 5.56 Å². The van der Waals surface area contributed by atoms with Crippen molar-refractivity contribution in [3.63, 3.8) is 0 Å². The van der Waals surface area contributed by atoms with Crippen molar-refractivity contribution in [1.82, 2.24) is 14.5 Å². The lowest BCUT2D eigenvalue weighted by Gasteiger charge is -2.32. The van der Waals surface area contributed by atoms with Crippen molar-refractivity contribution in [3.05, 3.63) is 88.4 Å².